The highest BCUT2D eigenvalue weighted by Gasteiger charge is 2.41. The topological polar surface area (TPSA) is 59.2 Å². The molecule has 1 aromatic heterocycles. The number of nitrogens with two attached hydrogens (primary N) is 1. The number of rotatable bonds is 1. The van der Waals surface area contributed by atoms with Crippen molar-refractivity contribution in [3.63, 3.8) is 0 Å². The van der Waals surface area contributed by atoms with Crippen LogP contribution in [-0.4, -0.2) is 35.1 Å². The Balaban J connectivity index is 1.96. The highest BCUT2D eigenvalue weighted by molar-refractivity contribution is 7.13. The Morgan fingerprint density at radius 2 is 2.06 bits per heavy atom. The number of thiazole rings is 1. The molecule has 1 aromatic rings. The summed E-state index contributed by atoms with van der Waals surface area (Å²) in [5, 5.41) is 1.80. The van der Waals surface area contributed by atoms with E-state index in [0.29, 0.717) is 0 Å². The molecule has 0 spiro atoms. The summed E-state index contributed by atoms with van der Waals surface area (Å²) in [6, 6.07) is 0. The van der Waals surface area contributed by atoms with E-state index in [4.69, 9.17) is 5.73 Å². The highest BCUT2D eigenvalue weighted by atomic mass is 32.1. The van der Waals surface area contributed by atoms with E-state index in [9.17, 15) is 18.0 Å². The van der Waals surface area contributed by atoms with Gasteiger partial charge < -0.3 is 10.6 Å². The van der Waals surface area contributed by atoms with Gasteiger partial charge >= 0.3 is 6.18 Å². The number of hydrogen-bond acceptors (Lipinski definition) is 4. The molecule has 2 rings (SSSR count). The predicted octanol–water partition coefficient (Wildman–Crippen LogP) is 2.14. The summed E-state index contributed by atoms with van der Waals surface area (Å²) in [5.41, 5.74) is 5.62. The number of piperidine rings is 1. The highest BCUT2D eigenvalue weighted by Crippen LogP contribution is 2.34. The Labute approximate surface area is 106 Å². The molecule has 1 saturated heterocycles. The van der Waals surface area contributed by atoms with Crippen LogP contribution in [0.5, 0.6) is 0 Å². The van der Waals surface area contributed by atoms with Crippen LogP contribution in [0.1, 0.15) is 23.3 Å². The number of anilines is 1. The first-order chi connectivity index (χ1) is 8.38. The largest absolute Gasteiger partial charge is 0.391 e. The fraction of sp³-hybridized carbons (Fsp3) is 0.600. The van der Waals surface area contributed by atoms with Gasteiger partial charge in [-0.25, -0.2) is 4.98 Å². The first-order valence-corrected chi connectivity index (χ1v) is 6.33. The number of carbonyl (C=O) groups is 1. The van der Waals surface area contributed by atoms with Crippen molar-refractivity contribution < 1.29 is 18.0 Å². The number of nitrogens with zero attached hydrogens (tertiary/aromatic N) is 2. The second-order valence-electron chi connectivity index (χ2n) is 4.18. The lowest BCUT2D eigenvalue weighted by atomic mass is 9.96. The summed E-state index contributed by atoms with van der Waals surface area (Å²) in [5.74, 6) is -1.65. The summed E-state index contributed by atoms with van der Waals surface area (Å²) in [7, 11) is 0. The van der Waals surface area contributed by atoms with Gasteiger partial charge in [0.05, 0.1) is 5.92 Å². The molecule has 0 unspecified atom stereocenters. The quantitative estimate of drug-likeness (QED) is 0.856. The van der Waals surface area contributed by atoms with Gasteiger partial charge in [-0.3, -0.25) is 4.79 Å². The molecule has 0 bridgehead atoms. The summed E-state index contributed by atoms with van der Waals surface area (Å²) >= 11 is 1.14. The monoisotopic (exact) mass is 279 g/mol. The third-order valence-corrected chi connectivity index (χ3v) is 3.66. The fourth-order valence-electron chi connectivity index (χ4n) is 1.96. The lowest BCUT2D eigenvalue weighted by molar-refractivity contribution is -0.183. The van der Waals surface area contributed by atoms with E-state index in [-0.39, 0.29) is 42.7 Å². The van der Waals surface area contributed by atoms with Gasteiger partial charge in [-0.2, -0.15) is 13.2 Å². The number of hydrogen-bond donors (Lipinski definition) is 1. The van der Waals surface area contributed by atoms with Crippen molar-refractivity contribution in [3.8, 4) is 0 Å². The molecule has 2 heterocycles. The van der Waals surface area contributed by atoms with Gasteiger partial charge in [0.1, 0.15) is 5.69 Å². The summed E-state index contributed by atoms with van der Waals surface area (Å²) < 4.78 is 37.4. The van der Waals surface area contributed by atoms with Crippen LogP contribution in [-0.2, 0) is 0 Å². The van der Waals surface area contributed by atoms with Crippen LogP contribution in [0.2, 0.25) is 0 Å². The lowest BCUT2D eigenvalue weighted by Crippen LogP contribution is -2.42. The van der Waals surface area contributed by atoms with Crippen LogP contribution in [0.25, 0.3) is 0 Å². The molecule has 18 heavy (non-hydrogen) atoms. The van der Waals surface area contributed by atoms with Gasteiger partial charge in [0, 0.05) is 18.5 Å². The summed E-state index contributed by atoms with van der Waals surface area (Å²) in [6.07, 6.45) is -4.26. The molecule has 1 aliphatic rings. The van der Waals surface area contributed by atoms with E-state index in [1.807, 2.05) is 0 Å². The van der Waals surface area contributed by atoms with Crippen molar-refractivity contribution in [1.82, 2.24) is 9.88 Å². The number of aromatic nitrogens is 1. The van der Waals surface area contributed by atoms with Gasteiger partial charge in [0.15, 0.2) is 5.13 Å². The van der Waals surface area contributed by atoms with E-state index in [0.717, 1.165) is 11.3 Å². The normalized spacial score (nSPS) is 18.1. The first kappa shape index (κ1) is 13.1. The SMILES string of the molecule is Nc1nc(C(=O)N2CCC(C(F)(F)F)CC2)cs1. The van der Waals surface area contributed by atoms with Crippen molar-refractivity contribution in [3.05, 3.63) is 11.1 Å². The van der Waals surface area contributed by atoms with Crippen molar-refractivity contribution in [2.75, 3.05) is 18.8 Å². The fourth-order valence-corrected chi connectivity index (χ4v) is 2.49. The second kappa shape index (κ2) is 4.75. The van der Waals surface area contributed by atoms with Crippen molar-refractivity contribution in [2.45, 2.75) is 19.0 Å². The van der Waals surface area contributed by atoms with Crippen LogP contribution in [0.3, 0.4) is 0 Å². The van der Waals surface area contributed by atoms with Gasteiger partial charge in [-0.05, 0) is 12.8 Å². The Morgan fingerprint density at radius 3 is 2.50 bits per heavy atom. The number of alkyl halides is 3. The molecule has 4 nitrogen and oxygen atoms in total. The average Bonchev–Trinajstić information content (AvgIpc) is 2.74. The molecule has 0 aliphatic carbocycles. The number of amides is 1. The van der Waals surface area contributed by atoms with E-state index < -0.39 is 12.1 Å². The Morgan fingerprint density at radius 1 is 1.44 bits per heavy atom. The zero-order valence-corrected chi connectivity index (χ0v) is 10.2. The van der Waals surface area contributed by atoms with E-state index in [1.54, 1.807) is 0 Å². The van der Waals surface area contributed by atoms with E-state index in [2.05, 4.69) is 4.98 Å². The molecule has 0 radical (unpaired) electrons. The first-order valence-electron chi connectivity index (χ1n) is 5.45. The second-order valence-corrected chi connectivity index (χ2v) is 5.07. The predicted molar refractivity (Wildman–Crippen MR) is 61.2 cm³/mol. The molecular weight excluding hydrogens is 267 g/mol. The number of likely N-dealkylation sites (tertiary alicyclic amines) is 1. The van der Waals surface area contributed by atoms with Crippen molar-refractivity contribution in [1.29, 1.82) is 0 Å². The Bertz CT molecular complexity index is 438. The maximum atomic E-state index is 12.5. The molecule has 0 atom stereocenters. The van der Waals surface area contributed by atoms with Crippen molar-refractivity contribution >= 4 is 22.4 Å². The maximum Gasteiger partial charge on any atom is 0.391 e. The zero-order chi connectivity index (χ0) is 13.3. The standard InChI is InChI=1S/C10H12F3N3OS/c11-10(12,13)6-1-3-16(4-2-6)8(17)7-5-18-9(14)15-7/h5-6H,1-4H2,(H2,14,15). The van der Waals surface area contributed by atoms with E-state index in [1.165, 1.54) is 10.3 Å². The minimum atomic E-state index is -4.17. The van der Waals surface area contributed by atoms with Crippen LogP contribution in [0.15, 0.2) is 5.38 Å². The zero-order valence-electron chi connectivity index (χ0n) is 9.41. The Kier molecular flexibility index (Phi) is 3.47. The molecule has 0 saturated carbocycles. The smallest absolute Gasteiger partial charge is 0.375 e. The summed E-state index contributed by atoms with van der Waals surface area (Å²) in [6.45, 7) is 0.223. The molecule has 0 aromatic carbocycles. The minimum absolute atomic E-state index is 0.0468. The van der Waals surface area contributed by atoms with Gasteiger partial charge in [0.2, 0.25) is 0 Å². The molecule has 100 valence electrons. The van der Waals surface area contributed by atoms with Crippen molar-refractivity contribution in [2.24, 2.45) is 5.92 Å². The Hall–Kier alpha value is -1.31. The molecular formula is C10H12F3N3OS. The molecule has 8 heteroatoms. The van der Waals surface area contributed by atoms with Crippen LogP contribution >= 0.6 is 11.3 Å². The minimum Gasteiger partial charge on any atom is -0.375 e. The number of halogens is 3. The molecule has 1 fully saturated rings. The van der Waals surface area contributed by atoms with E-state index >= 15 is 0 Å². The maximum absolute atomic E-state index is 12.5. The van der Waals surface area contributed by atoms with Crippen LogP contribution in [0.4, 0.5) is 18.3 Å². The summed E-state index contributed by atoms with van der Waals surface area (Å²) in [4.78, 5) is 17.1. The lowest BCUT2D eigenvalue weighted by Gasteiger charge is -2.32. The number of nitrogen functional groups attached to an aromatic ring is 1. The van der Waals surface area contributed by atoms with Gasteiger partial charge in [0.25, 0.3) is 5.91 Å². The molecule has 1 aliphatic heterocycles. The van der Waals surface area contributed by atoms with Crippen LogP contribution < -0.4 is 5.73 Å². The molecule has 2 N–H and O–H groups in total. The van der Waals surface area contributed by atoms with Gasteiger partial charge in [-0.15, -0.1) is 11.3 Å². The third-order valence-electron chi connectivity index (χ3n) is 2.99. The van der Waals surface area contributed by atoms with Gasteiger partial charge in [-0.1, -0.05) is 0 Å². The number of carbonyl (C=O) groups excluding carboxylic acids is 1. The van der Waals surface area contributed by atoms with Crippen LogP contribution in [0, 0.1) is 5.92 Å². The molecule has 1 amide bonds. The average molecular weight is 279 g/mol. The third kappa shape index (κ3) is 2.74.